The van der Waals surface area contributed by atoms with Crippen molar-refractivity contribution >= 4 is 33.8 Å². The van der Waals surface area contributed by atoms with Crippen LogP contribution in [-0.2, 0) is 19.9 Å². The van der Waals surface area contributed by atoms with Crippen molar-refractivity contribution in [3.8, 4) is 0 Å². The van der Waals surface area contributed by atoms with Gasteiger partial charge in [0.1, 0.15) is 5.60 Å². The van der Waals surface area contributed by atoms with E-state index in [1.807, 2.05) is 61.5 Å². The lowest BCUT2D eigenvalue weighted by atomic mass is 9.85. The van der Waals surface area contributed by atoms with Crippen molar-refractivity contribution in [2.45, 2.75) is 38.3 Å². The minimum atomic E-state index is -1.18. The number of hydrazine groups is 1. The molecule has 1 saturated heterocycles. The van der Waals surface area contributed by atoms with Crippen LogP contribution in [0.1, 0.15) is 43.9 Å². The van der Waals surface area contributed by atoms with E-state index in [0.717, 1.165) is 10.0 Å². The lowest BCUT2D eigenvalue weighted by Crippen LogP contribution is -2.52. The Balaban J connectivity index is 1.86. The minimum Gasteiger partial charge on any atom is -0.437 e. The maximum absolute atomic E-state index is 13.0. The van der Waals surface area contributed by atoms with E-state index < -0.39 is 23.5 Å². The van der Waals surface area contributed by atoms with Gasteiger partial charge in [-0.3, -0.25) is 9.59 Å². The fraction of sp³-hybridized carbons (Fsp3) is 0.318. The molecule has 2 atom stereocenters. The zero-order valence-corrected chi connectivity index (χ0v) is 18.5. The molecule has 2 aromatic rings. The summed E-state index contributed by atoms with van der Waals surface area (Å²) in [7, 11) is 0. The number of halogens is 1. The summed E-state index contributed by atoms with van der Waals surface area (Å²) < 4.78 is 6.86. The molecule has 0 aliphatic carbocycles. The average molecular weight is 474 g/mol. The number of carbonyl (C=O) groups excluding carboxylic acids is 3. The normalized spacial score (nSPS) is 19.7. The van der Waals surface area contributed by atoms with Crippen LogP contribution in [0, 0.1) is 0 Å². The molecular weight excluding hydrogens is 450 g/mol. The van der Waals surface area contributed by atoms with Crippen molar-refractivity contribution in [3.63, 3.8) is 0 Å². The largest absolute Gasteiger partial charge is 0.437 e. The van der Waals surface area contributed by atoms with E-state index in [1.54, 1.807) is 4.90 Å². The van der Waals surface area contributed by atoms with Gasteiger partial charge in [0.15, 0.2) is 0 Å². The highest BCUT2D eigenvalue weighted by Gasteiger charge is 2.45. The number of nitrogens with zero attached hydrogens (tertiary/aromatic N) is 2. The van der Waals surface area contributed by atoms with Gasteiger partial charge in [-0.05, 0) is 30.2 Å². The summed E-state index contributed by atoms with van der Waals surface area (Å²) in [5.74, 6) is 4.42. The molecule has 1 heterocycles. The zero-order chi connectivity index (χ0) is 21.9. The Kier molecular flexibility index (Phi) is 6.58. The van der Waals surface area contributed by atoms with Crippen LogP contribution in [-0.4, -0.2) is 34.4 Å². The molecule has 7 nitrogen and oxygen atoms in total. The second kappa shape index (κ2) is 8.97. The number of hydrogen-bond acceptors (Lipinski definition) is 5. The van der Waals surface area contributed by atoms with Crippen LogP contribution >= 0.6 is 15.9 Å². The van der Waals surface area contributed by atoms with Gasteiger partial charge in [-0.25, -0.2) is 15.6 Å². The van der Waals surface area contributed by atoms with Gasteiger partial charge in [-0.1, -0.05) is 58.4 Å². The molecule has 0 radical (unpaired) electrons. The van der Waals surface area contributed by atoms with Crippen molar-refractivity contribution in [2.24, 2.45) is 5.84 Å². The fourth-order valence-electron chi connectivity index (χ4n) is 3.62. The van der Waals surface area contributed by atoms with E-state index in [0.29, 0.717) is 23.5 Å². The number of nitrogens with two attached hydrogens (primary N) is 1. The summed E-state index contributed by atoms with van der Waals surface area (Å²) in [6, 6.07) is 16.6. The van der Waals surface area contributed by atoms with Crippen molar-refractivity contribution in [3.05, 3.63) is 70.2 Å². The van der Waals surface area contributed by atoms with E-state index in [1.165, 1.54) is 6.92 Å². The van der Waals surface area contributed by atoms with Crippen molar-refractivity contribution in [2.75, 3.05) is 6.54 Å². The Bertz CT molecular complexity index is 935. The molecule has 1 fully saturated rings. The quantitative estimate of drug-likeness (QED) is 0.403. The Morgan fingerprint density at radius 3 is 2.40 bits per heavy atom. The maximum atomic E-state index is 13.0. The number of imide groups is 1. The Morgan fingerprint density at radius 1 is 1.20 bits per heavy atom. The van der Waals surface area contributed by atoms with E-state index in [9.17, 15) is 14.4 Å². The minimum absolute atomic E-state index is 0.196. The zero-order valence-electron chi connectivity index (χ0n) is 16.9. The molecule has 2 aromatic carbocycles. The number of cyclic esters (lactones) is 1. The predicted molar refractivity (Wildman–Crippen MR) is 115 cm³/mol. The molecule has 8 heteroatoms. The third-order valence-electron chi connectivity index (χ3n) is 5.44. The van der Waals surface area contributed by atoms with Crippen molar-refractivity contribution in [1.82, 2.24) is 9.91 Å². The SMILES string of the molecule is CC(=O)N(N)C(=O)C[C@]1(c2ccccc2)CCN([C@@H](C)c2ccc(Br)cc2)C(=O)O1. The summed E-state index contributed by atoms with van der Waals surface area (Å²) in [6.07, 6.45) is -0.333. The first kappa shape index (κ1) is 22.0. The summed E-state index contributed by atoms with van der Waals surface area (Å²) in [5.41, 5.74) is 0.487. The molecular formula is C22H24BrN3O4. The van der Waals surface area contributed by atoms with Crippen molar-refractivity contribution < 1.29 is 19.1 Å². The van der Waals surface area contributed by atoms with Crippen molar-refractivity contribution in [1.29, 1.82) is 0 Å². The van der Waals surface area contributed by atoms with Gasteiger partial charge in [-0.15, -0.1) is 0 Å². The molecule has 0 aromatic heterocycles. The number of rotatable bonds is 5. The number of hydrogen-bond donors (Lipinski definition) is 1. The Hall–Kier alpha value is -2.71. The Labute approximate surface area is 183 Å². The van der Waals surface area contributed by atoms with Crippen LogP contribution in [0.3, 0.4) is 0 Å². The van der Waals surface area contributed by atoms with E-state index >= 15 is 0 Å². The topological polar surface area (TPSA) is 92.9 Å². The number of benzene rings is 2. The van der Waals surface area contributed by atoms with Gasteiger partial charge in [-0.2, -0.15) is 0 Å². The number of amides is 3. The fourth-order valence-corrected chi connectivity index (χ4v) is 3.88. The molecule has 30 heavy (non-hydrogen) atoms. The predicted octanol–water partition coefficient (Wildman–Crippen LogP) is 3.89. The molecule has 158 valence electrons. The standard InChI is InChI=1S/C22H24BrN3O4/c1-15(17-8-10-19(23)11-9-17)25-13-12-22(30-21(25)29,18-6-4-3-5-7-18)14-20(28)26(24)16(2)27/h3-11,15H,12-14,24H2,1-2H3/t15-,22-/m0/s1. The highest BCUT2D eigenvalue weighted by atomic mass is 79.9. The van der Waals surface area contributed by atoms with E-state index in [2.05, 4.69) is 15.9 Å². The van der Waals surface area contributed by atoms with Gasteiger partial charge in [0.05, 0.1) is 12.5 Å². The van der Waals surface area contributed by atoms with E-state index in [4.69, 9.17) is 10.6 Å². The lowest BCUT2D eigenvalue weighted by molar-refractivity contribution is -0.149. The maximum Gasteiger partial charge on any atom is 0.411 e. The molecule has 3 amide bonds. The van der Waals surface area contributed by atoms with E-state index in [-0.39, 0.29) is 12.5 Å². The summed E-state index contributed by atoms with van der Waals surface area (Å²) in [4.78, 5) is 38.8. The summed E-state index contributed by atoms with van der Waals surface area (Å²) >= 11 is 3.41. The van der Waals surface area contributed by atoms with Crippen LogP contribution in [0.25, 0.3) is 0 Å². The first-order valence-electron chi connectivity index (χ1n) is 9.62. The second-order valence-electron chi connectivity index (χ2n) is 7.36. The van der Waals surface area contributed by atoms with Gasteiger partial charge in [0.25, 0.3) is 0 Å². The molecule has 1 aliphatic heterocycles. The van der Waals surface area contributed by atoms with Gasteiger partial charge < -0.3 is 9.64 Å². The molecule has 0 bridgehead atoms. The van der Waals surface area contributed by atoms with Crippen LogP contribution in [0.2, 0.25) is 0 Å². The average Bonchev–Trinajstić information content (AvgIpc) is 2.74. The summed E-state index contributed by atoms with van der Waals surface area (Å²) in [5, 5.41) is 0.565. The monoisotopic (exact) mass is 473 g/mol. The molecule has 0 saturated carbocycles. The lowest BCUT2D eigenvalue weighted by Gasteiger charge is -2.43. The second-order valence-corrected chi connectivity index (χ2v) is 8.27. The number of carbonyl (C=O) groups is 3. The van der Waals surface area contributed by atoms with Gasteiger partial charge in [0.2, 0.25) is 11.8 Å². The third kappa shape index (κ3) is 4.55. The smallest absolute Gasteiger partial charge is 0.411 e. The molecule has 0 unspecified atom stereocenters. The van der Waals surface area contributed by atoms with Gasteiger partial charge in [0, 0.05) is 24.4 Å². The number of ether oxygens (including phenoxy) is 1. The van der Waals surface area contributed by atoms with Crippen LogP contribution in [0.15, 0.2) is 59.1 Å². The van der Waals surface area contributed by atoms with Crippen LogP contribution in [0.5, 0.6) is 0 Å². The molecule has 1 aliphatic rings. The highest BCUT2D eigenvalue weighted by molar-refractivity contribution is 9.10. The first-order chi connectivity index (χ1) is 14.2. The summed E-state index contributed by atoms with van der Waals surface area (Å²) in [6.45, 7) is 3.53. The third-order valence-corrected chi connectivity index (χ3v) is 5.97. The van der Waals surface area contributed by atoms with Crippen LogP contribution in [0.4, 0.5) is 4.79 Å². The molecule has 2 N–H and O–H groups in total. The first-order valence-corrected chi connectivity index (χ1v) is 10.4. The molecule has 3 rings (SSSR count). The van der Waals surface area contributed by atoms with Gasteiger partial charge >= 0.3 is 6.09 Å². The Morgan fingerprint density at radius 2 is 1.83 bits per heavy atom. The van der Waals surface area contributed by atoms with Crippen LogP contribution < -0.4 is 5.84 Å². The highest BCUT2D eigenvalue weighted by Crippen LogP contribution is 2.40. The molecule has 0 spiro atoms.